The molecule has 0 aliphatic carbocycles. The van der Waals surface area contributed by atoms with Crippen molar-refractivity contribution in [1.82, 2.24) is 4.98 Å². The number of hydrogen-bond acceptors (Lipinski definition) is 2. The molecule has 0 aliphatic heterocycles. The maximum Gasteiger partial charge on any atom is 0.214 e. The Bertz CT molecular complexity index is 517. The lowest BCUT2D eigenvalue weighted by Crippen LogP contribution is -1.92. The molecule has 16 heavy (non-hydrogen) atoms. The Morgan fingerprint density at radius 2 is 1.81 bits per heavy atom. The van der Waals surface area contributed by atoms with Crippen LogP contribution in [0.1, 0.15) is 0 Å². The predicted molar refractivity (Wildman–Crippen MR) is 61.6 cm³/mol. The Morgan fingerprint density at radius 1 is 1.06 bits per heavy atom. The summed E-state index contributed by atoms with van der Waals surface area (Å²) in [6.07, 6.45) is 1.36. The van der Waals surface area contributed by atoms with Crippen LogP contribution in [0.2, 0.25) is 0 Å². The van der Waals surface area contributed by atoms with Gasteiger partial charge in [0, 0.05) is 23.6 Å². The average molecular weight is 285 g/mol. The summed E-state index contributed by atoms with van der Waals surface area (Å²) in [5.41, 5.74) is 1.23. The molecule has 0 unspecified atom stereocenters. The van der Waals surface area contributed by atoms with Crippen LogP contribution in [0.5, 0.6) is 0 Å². The van der Waals surface area contributed by atoms with Gasteiger partial charge in [-0.15, -0.1) is 0 Å². The zero-order valence-electron chi connectivity index (χ0n) is 8.05. The summed E-state index contributed by atoms with van der Waals surface area (Å²) in [4.78, 5) is 3.44. The third kappa shape index (κ3) is 2.55. The van der Waals surface area contributed by atoms with Gasteiger partial charge in [0.05, 0.1) is 4.47 Å². The van der Waals surface area contributed by atoms with Crippen LogP contribution in [-0.4, -0.2) is 4.98 Å². The highest BCUT2D eigenvalue weighted by molar-refractivity contribution is 9.10. The number of hydrogen-bond donors (Lipinski definition) is 1. The molecule has 0 spiro atoms. The van der Waals surface area contributed by atoms with Gasteiger partial charge in [0.15, 0.2) is 0 Å². The van der Waals surface area contributed by atoms with Crippen molar-refractivity contribution in [2.75, 3.05) is 5.32 Å². The van der Waals surface area contributed by atoms with Crippen LogP contribution in [0.4, 0.5) is 20.2 Å². The van der Waals surface area contributed by atoms with E-state index >= 15 is 0 Å². The van der Waals surface area contributed by atoms with Gasteiger partial charge in [-0.2, -0.15) is 4.39 Å². The van der Waals surface area contributed by atoms with Gasteiger partial charge in [-0.1, -0.05) is 0 Å². The molecule has 1 aromatic carbocycles. The second-order valence-corrected chi connectivity index (χ2v) is 3.98. The minimum absolute atomic E-state index is 0.341. The Balaban J connectivity index is 2.24. The molecular formula is C11H7BrF2N2. The number of aromatic nitrogens is 1. The zero-order chi connectivity index (χ0) is 11.5. The Labute approximate surface area is 99.5 Å². The van der Waals surface area contributed by atoms with E-state index in [0.29, 0.717) is 15.8 Å². The van der Waals surface area contributed by atoms with Gasteiger partial charge in [0.2, 0.25) is 5.95 Å². The molecule has 0 saturated carbocycles. The molecule has 0 fully saturated rings. The first kappa shape index (κ1) is 11.0. The third-order valence-corrected chi connectivity index (χ3v) is 2.54. The van der Waals surface area contributed by atoms with Crippen molar-refractivity contribution < 1.29 is 8.78 Å². The van der Waals surface area contributed by atoms with Gasteiger partial charge in [-0.3, -0.25) is 0 Å². The first-order valence-corrected chi connectivity index (χ1v) is 5.28. The lowest BCUT2D eigenvalue weighted by atomic mass is 10.3. The summed E-state index contributed by atoms with van der Waals surface area (Å²) < 4.78 is 26.1. The molecule has 1 N–H and O–H groups in total. The lowest BCUT2D eigenvalue weighted by Gasteiger charge is -2.06. The van der Waals surface area contributed by atoms with Gasteiger partial charge in [-0.25, -0.2) is 9.37 Å². The minimum Gasteiger partial charge on any atom is -0.355 e. The molecule has 82 valence electrons. The van der Waals surface area contributed by atoms with Gasteiger partial charge >= 0.3 is 0 Å². The molecule has 2 nitrogen and oxygen atoms in total. The van der Waals surface area contributed by atoms with Crippen molar-refractivity contribution in [3.8, 4) is 0 Å². The summed E-state index contributed by atoms with van der Waals surface area (Å²) in [5, 5.41) is 2.94. The van der Waals surface area contributed by atoms with Crippen molar-refractivity contribution in [1.29, 1.82) is 0 Å². The fraction of sp³-hybridized carbons (Fsp3) is 0. The zero-order valence-corrected chi connectivity index (χ0v) is 9.63. The average Bonchev–Trinajstić information content (AvgIpc) is 2.24. The molecule has 0 amide bonds. The SMILES string of the molecule is Fc1cc(Nc2ccc(F)c(Br)c2)ccn1. The van der Waals surface area contributed by atoms with E-state index in [1.165, 1.54) is 18.3 Å². The smallest absolute Gasteiger partial charge is 0.214 e. The number of nitrogens with zero attached hydrogens (tertiary/aromatic N) is 1. The maximum atomic E-state index is 13.0. The molecule has 0 atom stereocenters. The number of nitrogens with one attached hydrogen (secondary N) is 1. The van der Waals surface area contributed by atoms with E-state index in [1.54, 1.807) is 18.2 Å². The first-order valence-electron chi connectivity index (χ1n) is 4.49. The number of benzene rings is 1. The lowest BCUT2D eigenvalue weighted by molar-refractivity contribution is 0.584. The molecule has 2 aromatic rings. The fourth-order valence-electron chi connectivity index (χ4n) is 1.22. The summed E-state index contributed by atoms with van der Waals surface area (Å²) in [7, 11) is 0. The van der Waals surface area contributed by atoms with Gasteiger partial charge in [-0.05, 0) is 40.2 Å². The van der Waals surface area contributed by atoms with Crippen molar-refractivity contribution in [2.45, 2.75) is 0 Å². The topological polar surface area (TPSA) is 24.9 Å². The predicted octanol–water partition coefficient (Wildman–Crippen LogP) is 3.87. The summed E-state index contributed by atoms with van der Waals surface area (Å²) in [6.45, 7) is 0. The second-order valence-electron chi connectivity index (χ2n) is 3.12. The summed E-state index contributed by atoms with van der Waals surface area (Å²) in [5.74, 6) is -0.905. The molecule has 0 bridgehead atoms. The molecule has 1 heterocycles. The molecule has 0 radical (unpaired) electrons. The Morgan fingerprint density at radius 3 is 2.50 bits per heavy atom. The van der Waals surface area contributed by atoms with E-state index in [9.17, 15) is 8.78 Å². The van der Waals surface area contributed by atoms with Gasteiger partial charge in [0.25, 0.3) is 0 Å². The van der Waals surface area contributed by atoms with Crippen molar-refractivity contribution in [3.05, 3.63) is 52.8 Å². The van der Waals surface area contributed by atoms with Crippen LogP contribution >= 0.6 is 15.9 Å². The van der Waals surface area contributed by atoms with Crippen LogP contribution in [0.15, 0.2) is 41.0 Å². The van der Waals surface area contributed by atoms with Crippen molar-refractivity contribution >= 4 is 27.3 Å². The van der Waals surface area contributed by atoms with Crippen LogP contribution in [-0.2, 0) is 0 Å². The van der Waals surface area contributed by atoms with Crippen molar-refractivity contribution in [2.24, 2.45) is 0 Å². The third-order valence-electron chi connectivity index (χ3n) is 1.93. The standard InChI is InChI=1S/C11H7BrF2N2/c12-9-5-7(1-2-10(9)13)16-8-3-4-15-11(14)6-8/h1-6H,(H,15,16). The Kier molecular flexibility index (Phi) is 3.14. The number of rotatable bonds is 2. The summed E-state index contributed by atoms with van der Waals surface area (Å²) >= 11 is 3.07. The first-order chi connectivity index (χ1) is 7.65. The molecule has 0 aliphatic rings. The monoisotopic (exact) mass is 284 g/mol. The van der Waals surface area contributed by atoms with Crippen molar-refractivity contribution in [3.63, 3.8) is 0 Å². The molecule has 5 heteroatoms. The second kappa shape index (κ2) is 4.57. The minimum atomic E-state index is -0.564. The highest BCUT2D eigenvalue weighted by atomic mass is 79.9. The van der Waals surface area contributed by atoms with E-state index in [1.807, 2.05) is 0 Å². The van der Waals surface area contributed by atoms with Crippen LogP contribution < -0.4 is 5.32 Å². The maximum absolute atomic E-state index is 13.0. The van der Waals surface area contributed by atoms with Gasteiger partial charge < -0.3 is 5.32 Å². The highest BCUT2D eigenvalue weighted by Gasteiger charge is 2.01. The van der Waals surface area contributed by atoms with E-state index in [0.717, 1.165) is 0 Å². The number of anilines is 2. The highest BCUT2D eigenvalue weighted by Crippen LogP contribution is 2.22. The summed E-state index contributed by atoms with van der Waals surface area (Å²) in [6, 6.07) is 7.35. The number of pyridine rings is 1. The fourth-order valence-corrected chi connectivity index (χ4v) is 1.60. The largest absolute Gasteiger partial charge is 0.355 e. The Hall–Kier alpha value is -1.49. The quantitative estimate of drug-likeness (QED) is 0.847. The van der Waals surface area contributed by atoms with E-state index in [2.05, 4.69) is 26.2 Å². The van der Waals surface area contributed by atoms with Crippen LogP contribution in [0.25, 0.3) is 0 Å². The van der Waals surface area contributed by atoms with E-state index in [-0.39, 0.29) is 5.82 Å². The number of halogens is 3. The van der Waals surface area contributed by atoms with Crippen LogP contribution in [0.3, 0.4) is 0 Å². The molecule has 2 rings (SSSR count). The van der Waals surface area contributed by atoms with E-state index < -0.39 is 5.95 Å². The van der Waals surface area contributed by atoms with Crippen LogP contribution in [0, 0.1) is 11.8 Å². The molecule has 1 aromatic heterocycles. The molecule has 0 saturated heterocycles. The van der Waals surface area contributed by atoms with E-state index in [4.69, 9.17) is 0 Å². The molecular weight excluding hydrogens is 278 g/mol. The normalized spacial score (nSPS) is 10.2. The van der Waals surface area contributed by atoms with Gasteiger partial charge in [0.1, 0.15) is 5.82 Å².